The molecular weight excluding hydrogens is 430 g/mol. The Labute approximate surface area is 199 Å². The van der Waals surface area contributed by atoms with Gasteiger partial charge in [0.05, 0.1) is 31.3 Å². The van der Waals surface area contributed by atoms with Gasteiger partial charge in [-0.25, -0.2) is 9.97 Å². The van der Waals surface area contributed by atoms with Crippen LogP contribution in [0.2, 0.25) is 0 Å². The smallest absolute Gasteiger partial charge is 0.243 e. The quantitative estimate of drug-likeness (QED) is 0.549. The summed E-state index contributed by atoms with van der Waals surface area (Å²) in [6, 6.07) is 15.4. The molecule has 1 N–H and O–H groups in total. The van der Waals surface area contributed by atoms with Crippen molar-refractivity contribution in [2.24, 2.45) is 0 Å². The molecule has 176 valence electrons. The molecule has 0 saturated carbocycles. The van der Waals surface area contributed by atoms with Crippen LogP contribution in [0.25, 0.3) is 11.0 Å². The second-order valence-electron chi connectivity index (χ2n) is 8.26. The monoisotopic (exact) mass is 459 g/mol. The molecule has 1 aromatic heterocycles. The molecule has 1 atom stereocenters. The molecule has 0 radical (unpaired) electrons. The predicted octanol–water partition coefficient (Wildman–Crippen LogP) is 3.60. The average Bonchev–Trinajstić information content (AvgIpc) is 2.89. The first-order valence-electron chi connectivity index (χ1n) is 11.5. The molecule has 0 spiro atoms. The van der Waals surface area contributed by atoms with Crippen LogP contribution in [0.1, 0.15) is 36.4 Å². The van der Waals surface area contributed by atoms with E-state index in [-0.39, 0.29) is 5.91 Å². The average molecular weight is 460 g/mol. The third-order valence-electron chi connectivity index (χ3n) is 6.06. The summed E-state index contributed by atoms with van der Waals surface area (Å²) >= 11 is 0. The van der Waals surface area contributed by atoms with Crippen molar-refractivity contribution >= 4 is 22.8 Å². The Bertz CT molecular complexity index is 1200. The van der Waals surface area contributed by atoms with Crippen LogP contribution in [-0.4, -0.2) is 49.7 Å². The summed E-state index contributed by atoms with van der Waals surface area (Å²) in [6.07, 6.45) is 3.88. The van der Waals surface area contributed by atoms with Gasteiger partial charge in [-0.2, -0.15) is 5.26 Å². The van der Waals surface area contributed by atoms with Gasteiger partial charge in [0.1, 0.15) is 5.69 Å². The number of ether oxygens (including phenoxy) is 2. The summed E-state index contributed by atoms with van der Waals surface area (Å²) in [4.78, 5) is 24.8. The number of amides is 1. The minimum Gasteiger partial charge on any atom is -0.493 e. The van der Waals surface area contributed by atoms with E-state index in [1.807, 2.05) is 42.5 Å². The van der Waals surface area contributed by atoms with Crippen LogP contribution < -0.4 is 19.7 Å². The third kappa shape index (κ3) is 5.04. The van der Waals surface area contributed by atoms with Crippen LogP contribution in [0, 0.1) is 11.3 Å². The summed E-state index contributed by atoms with van der Waals surface area (Å²) in [5, 5.41) is 12.9. The molecule has 1 aliphatic heterocycles. The lowest BCUT2D eigenvalue weighted by Gasteiger charge is -2.29. The molecule has 2 aromatic carbocycles. The maximum absolute atomic E-state index is 13.1. The topological polar surface area (TPSA) is 100 Å². The standard InChI is InChI=1S/C26H29N5O3/c1-33-22-11-10-18(16-23(22)34-2)12-13-28-26(32)19(17-27)24-25(31-14-6-3-7-15-31)30-21-9-5-4-8-20(21)29-24/h4-5,8-11,16,19H,3,6-7,12-15H2,1-2H3,(H,28,32)/t19-/m1/s1. The highest BCUT2D eigenvalue weighted by Crippen LogP contribution is 2.30. The largest absolute Gasteiger partial charge is 0.493 e. The Hall–Kier alpha value is -3.86. The van der Waals surface area contributed by atoms with Crippen molar-refractivity contribution < 1.29 is 14.3 Å². The SMILES string of the molecule is COc1ccc(CCNC(=O)[C@H](C#N)c2nc3ccccc3nc2N2CCCCC2)cc1OC. The molecule has 8 heteroatoms. The van der Waals surface area contributed by atoms with E-state index in [2.05, 4.69) is 16.3 Å². The molecule has 0 bridgehead atoms. The molecule has 1 amide bonds. The van der Waals surface area contributed by atoms with Gasteiger partial charge < -0.3 is 19.7 Å². The number of hydrogen-bond donors (Lipinski definition) is 1. The van der Waals surface area contributed by atoms with Gasteiger partial charge in [0.15, 0.2) is 23.2 Å². The number of carbonyl (C=O) groups is 1. The van der Waals surface area contributed by atoms with Gasteiger partial charge in [-0.05, 0) is 55.5 Å². The van der Waals surface area contributed by atoms with E-state index < -0.39 is 5.92 Å². The fourth-order valence-electron chi connectivity index (χ4n) is 4.25. The van der Waals surface area contributed by atoms with Crippen LogP contribution >= 0.6 is 0 Å². The molecule has 1 aliphatic rings. The zero-order valence-electron chi connectivity index (χ0n) is 19.6. The highest BCUT2D eigenvalue weighted by atomic mass is 16.5. The minimum absolute atomic E-state index is 0.370. The molecule has 2 heterocycles. The van der Waals surface area contributed by atoms with Crippen LogP contribution in [0.15, 0.2) is 42.5 Å². The van der Waals surface area contributed by atoms with Gasteiger partial charge in [-0.15, -0.1) is 0 Å². The van der Waals surface area contributed by atoms with E-state index >= 15 is 0 Å². The summed E-state index contributed by atoms with van der Waals surface area (Å²) in [7, 11) is 3.18. The predicted molar refractivity (Wildman–Crippen MR) is 130 cm³/mol. The van der Waals surface area contributed by atoms with E-state index in [9.17, 15) is 10.1 Å². The van der Waals surface area contributed by atoms with E-state index in [0.29, 0.717) is 41.5 Å². The van der Waals surface area contributed by atoms with E-state index in [1.165, 1.54) is 6.42 Å². The van der Waals surface area contributed by atoms with Crippen molar-refractivity contribution in [2.45, 2.75) is 31.6 Å². The third-order valence-corrected chi connectivity index (χ3v) is 6.06. The van der Waals surface area contributed by atoms with Gasteiger partial charge in [0, 0.05) is 19.6 Å². The number of rotatable bonds is 8. The highest BCUT2D eigenvalue weighted by molar-refractivity contribution is 5.88. The maximum Gasteiger partial charge on any atom is 0.243 e. The first-order chi connectivity index (χ1) is 16.6. The van der Waals surface area contributed by atoms with E-state index in [1.54, 1.807) is 14.2 Å². The van der Waals surface area contributed by atoms with Crippen LogP contribution in [0.4, 0.5) is 5.82 Å². The number of anilines is 1. The Morgan fingerprint density at radius 3 is 2.44 bits per heavy atom. The molecule has 34 heavy (non-hydrogen) atoms. The molecule has 3 aromatic rings. The van der Waals surface area contributed by atoms with E-state index in [0.717, 1.165) is 37.0 Å². The molecular formula is C26H29N5O3. The number of benzene rings is 2. The summed E-state index contributed by atoms with van der Waals surface area (Å²) in [5.74, 6) is 0.518. The lowest BCUT2D eigenvalue weighted by molar-refractivity contribution is -0.121. The number of aromatic nitrogens is 2. The van der Waals surface area contributed by atoms with Gasteiger partial charge in [0.25, 0.3) is 0 Å². The number of piperidine rings is 1. The number of carbonyl (C=O) groups excluding carboxylic acids is 1. The van der Waals surface area contributed by atoms with Crippen molar-refractivity contribution in [1.29, 1.82) is 5.26 Å². The zero-order chi connectivity index (χ0) is 23.9. The van der Waals surface area contributed by atoms with Crippen molar-refractivity contribution in [2.75, 3.05) is 38.8 Å². The second kappa shape index (κ2) is 10.8. The molecule has 4 rings (SSSR count). The zero-order valence-corrected chi connectivity index (χ0v) is 19.6. The lowest BCUT2D eigenvalue weighted by Crippen LogP contribution is -2.35. The molecule has 0 aliphatic carbocycles. The van der Waals surface area contributed by atoms with Crippen LogP contribution in [-0.2, 0) is 11.2 Å². The first-order valence-corrected chi connectivity index (χ1v) is 11.5. The van der Waals surface area contributed by atoms with Crippen LogP contribution in [0.3, 0.4) is 0 Å². The first kappa shape index (κ1) is 23.3. The summed E-state index contributed by atoms with van der Waals surface area (Å²) < 4.78 is 10.6. The summed E-state index contributed by atoms with van der Waals surface area (Å²) in [6.45, 7) is 2.07. The normalized spacial score (nSPS) is 14.3. The molecule has 1 saturated heterocycles. The highest BCUT2D eigenvalue weighted by Gasteiger charge is 2.29. The van der Waals surface area contributed by atoms with Crippen molar-refractivity contribution in [1.82, 2.24) is 15.3 Å². The fraction of sp³-hybridized carbons (Fsp3) is 0.385. The van der Waals surface area contributed by atoms with Crippen molar-refractivity contribution in [3.05, 3.63) is 53.7 Å². The Morgan fingerprint density at radius 1 is 1.06 bits per heavy atom. The van der Waals surface area contributed by atoms with Crippen LogP contribution in [0.5, 0.6) is 11.5 Å². The molecule has 1 fully saturated rings. The minimum atomic E-state index is -1.04. The Morgan fingerprint density at radius 2 is 1.76 bits per heavy atom. The Kier molecular flexibility index (Phi) is 7.43. The van der Waals surface area contributed by atoms with Gasteiger partial charge in [-0.3, -0.25) is 4.79 Å². The number of nitrogens with zero attached hydrogens (tertiary/aromatic N) is 4. The maximum atomic E-state index is 13.1. The van der Waals surface area contributed by atoms with E-state index in [4.69, 9.17) is 19.4 Å². The van der Waals surface area contributed by atoms with Crippen molar-refractivity contribution in [3.63, 3.8) is 0 Å². The number of hydrogen-bond acceptors (Lipinski definition) is 7. The lowest BCUT2D eigenvalue weighted by atomic mass is 10.0. The number of nitriles is 1. The molecule has 0 unspecified atom stereocenters. The number of para-hydroxylation sites is 2. The van der Waals surface area contributed by atoms with Crippen molar-refractivity contribution in [3.8, 4) is 17.6 Å². The fourth-order valence-corrected chi connectivity index (χ4v) is 4.25. The Balaban J connectivity index is 1.53. The van der Waals surface area contributed by atoms with Gasteiger partial charge >= 0.3 is 0 Å². The number of nitrogens with one attached hydrogen (secondary N) is 1. The second-order valence-corrected chi connectivity index (χ2v) is 8.26. The number of methoxy groups -OCH3 is 2. The summed E-state index contributed by atoms with van der Waals surface area (Å²) in [5.41, 5.74) is 2.85. The molecule has 8 nitrogen and oxygen atoms in total. The van der Waals surface area contributed by atoms with Gasteiger partial charge in [0.2, 0.25) is 5.91 Å². The number of fused-ring (bicyclic) bond motifs is 1. The van der Waals surface area contributed by atoms with Gasteiger partial charge in [-0.1, -0.05) is 18.2 Å².